The molecule has 2 atom stereocenters. The molecule has 0 saturated carbocycles. The molecule has 2 unspecified atom stereocenters. The van der Waals surface area contributed by atoms with E-state index in [0.29, 0.717) is 10.5 Å². The number of fused-ring (bicyclic) bond motifs is 1. The van der Waals surface area contributed by atoms with Crippen LogP contribution in [-0.4, -0.2) is 32.7 Å². The van der Waals surface area contributed by atoms with Crippen molar-refractivity contribution in [3.05, 3.63) is 60.2 Å². The molecule has 0 spiro atoms. The zero-order valence-electron chi connectivity index (χ0n) is 13.8. The van der Waals surface area contributed by atoms with Crippen LogP contribution in [-0.2, 0) is 14.6 Å². The molecule has 2 aliphatic rings. The summed E-state index contributed by atoms with van der Waals surface area (Å²) < 4.78 is 24.6. The quantitative estimate of drug-likeness (QED) is 0.916. The third-order valence-electron chi connectivity index (χ3n) is 4.98. The van der Waals surface area contributed by atoms with E-state index in [2.05, 4.69) is 10.2 Å². The van der Waals surface area contributed by atoms with E-state index >= 15 is 0 Å². The third-order valence-corrected chi connectivity index (χ3v) is 6.79. The van der Waals surface area contributed by atoms with Gasteiger partial charge in [-0.15, -0.1) is 0 Å². The predicted molar refractivity (Wildman–Crippen MR) is 96.2 cm³/mol. The van der Waals surface area contributed by atoms with Gasteiger partial charge in [-0.05, 0) is 36.6 Å². The Kier molecular flexibility index (Phi) is 4.00. The molecule has 1 amide bonds. The van der Waals surface area contributed by atoms with Crippen LogP contribution in [0.5, 0.6) is 0 Å². The first-order chi connectivity index (χ1) is 12.1. The molecule has 5 nitrogen and oxygen atoms in total. The lowest BCUT2D eigenvalue weighted by atomic mass is 10.1. The highest BCUT2D eigenvalue weighted by Crippen LogP contribution is 2.33. The van der Waals surface area contributed by atoms with Crippen molar-refractivity contribution in [1.29, 1.82) is 0 Å². The van der Waals surface area contributed by atoms with Crippen molar-refractivity contribution in [2.45, 2.75) is 29.8 Å². The Hall–Kier alpha value is -2.34. The number of hydrogen-bond acceptors (Lipinski definition) is 4. The highest BCUT2D eigenvalue weighted by molar-refractivity contribution is 7.91. The van der Waals surface area contributed by atoms with Crippen LogP contribution < -0.4 is 10.2 Å². The minimum Gasteiger partial charge on any atom is -0.360 e. The first kappa shape index (κ1) is 16.1. The van der Waals surface area contributed by atoms with Crippen molar-refractivity contribution in [2.75, 3.05) is 17.2 Å². The van der Waals surface area contributed by atoms with E-state index in [1.165, 1.54) is 0 Å². The smallest absolute Gasteiger partial charge is 0.243 e. The van der Waals surface area contributed by atoms with Crippen molar-refractivity contribution < 1.29 is 13.2 Å². The lowest BCUT2D eigenvalue weighted by Crippen LogP contribution is -2.45. The molecule has 2 heterocycles. The van der Waals surface area contributed by atoms with Gasteiger partial charge in [-0.1, -0.05) is 36.4 Å². The molecule has 0 radical (unpaired) electrons. The second kappa shape index (κ2) is 6.19. The molecule has 0 aliphatic carbocycles. The van der Waals surface area contributed by atoms with Gasteiger partial charge in [-0.3, -0.25) is 4.79 Å². The summed E-state index contributed by atoms with van der Waals surface area (Å²) in [6.45, 7) is 0.835. The maximum absolute atomic E-state index is 12.9. The number of benzene rings is 2. The average Bonchev–Trinajstić information content (AvgIpc) is 3.20. The average molecular weight is 356 g/mol. The van der Waals surface area contributed by atoms with Crippen LogP contribution in [0.3, 0.4) is 0 Å². The molecule has 2 aromatic rings. The van der Waals surface area contributed by atoms with E-state index in [-0.39, 0.29) is 17.7 Å². The van der Waals surface area contributed by atoms with Crippen molar-refractivity contribution >= 4 is 21.4 Å². The zero-order valence-corrected chi connectivity index (χ0v) is 14.6. The van der Waals surface area contributed by atoms with Crippen LogP contribution in [0, 0.1) is 0 Å². The van der Waals surface area contributed by atoms with Gasteiger partial charge in [0.05, 0.1) is 16.7 Å². The minimum atomic E-state index is -3.32. The highest BCUT2D eigenvalue weighted by Gasteiger charge is 2.38. The lowest BCUT2D eigenvalue weighted by Gasteiger charge is -2.27. The monoisotopic (exact) mass is 356 g/mol. The number of carbonyl (C=O) groups is 1. The van der Waals surface area contributed by atoms with Crippen molar-refractivity contribution in [2.24, 2.45) is 0 Å². The molecular formula is C19H20N2O3S. The first-order valence-corrected chi connectivity index (χ1v) is 10.2. The number of nitrogens with zero attached hydrogens (tertiary/aromatic N) is 1. The van der Waals surface area contributed by atoms with Crippen LogP contribution in [0.15, 0.2) is 59.5 Å². The predicted octanol–water partition coefficient (Wildman–Crippen LogP) is 2.30. The number of rotatable bonds is 3. The summed E-state index contributed by atoms with van der Waals surface area (Å²) in [5.74, 6) is -0.158. The topological polar surface area (TPSA) is 66.5 Å². The van der Waals surface area contributed by atoms with E-state index in [0.717, 1.165) is 25.1 Å². The fourth-order valence-electron chi connectivity index (χ4n) is 3.81. The van der Waals surface area contributed by atoms with Gasteiger partial charge >= 0.3 is 0 Å². The van der Waals surface area contributed by atoms with Crippen LogP contribution in [0.25, 0.3) is 0 Å². The molecule has 0 bridgehead atoms. The Morgan fingerprint density at radius 3 is 2.56 bits per heavy atom. The van der Waals surface area contributed by atoms with Crippen LogP contribution in [0.4, 0.5) is 5.69 Å². The molecule has 0 aromatic heterocycles. The summed E-state index contributed by atoms with van der Waals surface area (Å²) in [5.41, 5.74) is 1.72. The molecule has 1 fully saturated rings. The molecule has 1 saturated heterocycles. The molecule has 4 rings (SSSR count). The highest BCUT2D eigenvalue weighted by atomic mass is 32.2. The Morgan fingerprint density at radius 2 is 1.76 bits per heavy atom. The molecule has 130 valence electrons. The largest absolute Gasteiger partial charge is 0.360 e. The van der Waals surface area contributed by atoms with Crippen molar-refractivity contribution in [3.8, 4) is 0 Å². The first-order valence-electron chi connectivity index (χ1n) is 8.50. The van der Waals surface area contributed by atoms with Crippen LogP contribution >= 0.6 is 0 Å². The lowest BCUT2D eigenvalue weighted by molar-refractivity contribution is -0.122. The van der Waals surface area contributed by atoms with Crippen molar-refractivity contribution in [3.63, 3.8) is 0 Å². The Balaban J connectivity index is 1.55. The summed E-state index contributed by atoms with van der Waals surface area (Å²) in [7, 11) is -3.32. The van der Waals surface area contributed by atoms with Gasteiger partial charge in [0.1, 0.15) is 6.04 Å². The van der Waals surface area contributed by atoms with Crippen molar-refractivity contribution in [1.82, 2.24) is 5.32 Å². The van der Waals surface area contributed by atoms with Gasteiger partial charge < -0.3 is 10.2 Å². The summed E-state index contributed by atoms with van der Waals surface area (Å²) in [6.07, 6.45) is 1.73. The Labute approximate surface area is 147 Å². The zero-order chi connectivity index (χ0) is 17.4. The second-order valence-corrected chi connectivity index (χ2v) is 8.57. The van der Waals surface area contributed by atoms with Crippen LogP contribution in [0.2, 0.25) is 0 Å². The summed E-state index contributed by atoms with van der Waals surface area (Å²) in [4.78, 5) is 15.3. The maximum Gasteiger partial charge on any atom is 0.243 e. The Morgan fingerprint density at radius 1 is 1.04 bits per heavy atom. The van der Waals surface area contributed by atoms with E-state index in [9.17, 15) is 13.2 Å². The standard InChI is InChI=1S/C19H20N2O3S/c22-19(17-10-6-12-21(17)14-7-2-1-3-8-14)20-16-13-25(23,24)18-11-5-4-9-15(16)18/h1-5,7-9,11,16-17H,6,10,12-13H2,(H,20,22). The van der Waals surface area contributed by atoms with Gasteiger partial charge in [-0.25, -0.2) is 8.42 Å². The van der Waals surface area contributed by atoms with Crippen LogP contribution in [0.1, 0.15) is 24.4 Å². The van der Waals surface area contributed by atoms with Gasteiger partial charge in [-0.2, -0.15) is 0 Å². The number of anilines is 1. The number of amides is 1. The van der Waals surface area contributed by atoms with E-state index in [1.807, 2.05) is 36.4 Å². The fraction of sp³-hybridized carbons (Fsp3) is 0.316. The van der Waals surface area contributed by atoms with Gasteiger partial charge in [0, 0.05) is 12.2 Å². The molecule has 2 aromatic carbocycles. The second-order valence-electron chi connectivity index (χ2n) is 6.57. The van der Waals surface area contributed by atoms with Gasteiger partial charge in [0.25, 0.3) is 0 Å². The normalized spacial score (nSPS) is 24.1. The summed E-state index contributed by atoms with van der Waals surface area (Å²) in [6, 6.07) is 16.1. The van der Waals surface area contributed by atoms with Gasteiger partial charge in [0.15, 0.2) is 9.84 Å². The number of carbonyl (C=O) groups excluding carboxylic acids is 1. The van der Waals surface area contributed by atoms with Gasteiger partial charge in [0.2, 0.25) is 5.91 Å². The molecule has 2 aliphatic heterocycles. The van der Waals surface area contributed by atoms with E-state index in [1.54, 1.807) is 18.2 Å². The summed E-state index contributed by atoms with van der Waals surface area (Å²) >= 11 is 0. The molecular weight excluding hydrogens is 336 g/mol. The third kappa shape index (κ3) is 2.91. The molecule has 1 N–H and O–H groups in total. The molecule has 6 heteroatoms. The SMILES string of the molecule is O=C(NC1CS(=O)(=O)c2ccccc21)C1CCCN1c1ccccc1. The Bertz CT molecular complexity index is 896. The molecule has 25 heavy (non-hydrogen) atoms. The van der Waals surface area contributed by atoms with E-state index < -0.39 is 15.9 Å². The number of hydrogen-bond donors (Lipinski definition) is 1. The minimum absolute atomic E-state index is 0.0594. The summed E-state index contributed by atoms with van der Waals surface area (Å²) in [5, 5.41) is 2.97. The van der Waals surface area contributed by atoms with E-state index in [4.69, 9.17) is 0 Å². The number of sulfone groups is 1. The fourth-order valence-corrected chi connectivity index (χ4v) is 5.54. The maximum atomic E-state index is 12.9. The number of nitrogens with one attached hydrogen (secondary N) is 1. The number of para-hydroxylation sites is 1.